The van der Waals surface area contributed by atoms with Gasteiger partial charge in [-0.15, -0.1) is 0 Å². The number of rotatable bonds is 60. The molecule has 2 unspecified atom stereocenters. The topological polar surface area (TPSA) is 95.9 Å². The van der Waals surface area contributed by atoms with E-state index in [1.54, 1.807) is 6.08 Å². The van der Waals surface area contributed by atoms with E-state index in [-0.39, 0.29) is 18.5 Å². The van der Waals surface area contributed by atoms with E-state index < -0.39 is 12.1 Å². The lowest BCUT2D eigenvalue weighted by molar-refractivity contribution is -0.143. The molecular weight excluding hydrogens is 875 g/mol. The summed E-state index contributed by atoms with van der Waals surface area (Å²) in [5.74, 6) is -0.0688. The molecule has 0 aromatic carbocycles. The number of aliphatic hydroxyl groups excluding tert-OH is 2. The highest BCUT2D eigenvalue weighted by Gasteiger charge is 2.18. The molecular formula is C65H125NO5. The van der Waals surface area contributed by atoms with Crippen LogP contribution in [0.3, 0.4) is 0 Å². The third-order valence-corrected chi connectivity index (χ3v) is 15.0. The zero-order valence-electron chi connectivity index (χ0n) is 48.0. The molecule has 71 heavy (non-hydrogen) atoms. The average Bonchev–Trinajstić information content (AvgIpc) is 3.37. The summed E-state index contributed by atoms with van der Waals surface area (Å²) >= 11 is 0. The van der Waals surface area contributed by atoms with Gasteiger partial charge >= 0.3 is 5.97 Å². The molecule has 2 atom stereocenters. The second-order valence-electron chi connectivity index (χ2n) is 22.1. The van der Waals surface area contributed by atoms with E-state index in [9.17, 15) is 19.8 Å². The van der Waals surface area contributed by atoms with Crippen LogP contribution < -0.4 is 5.32 Å². The van der Waals surface area contributed by atoms with Crippen LogP contribution in [-0.2, 0) is 14.3 Å². The molecule has 1 amide bonds. The molecule has 0 aliphatic carbocycles. The minimum Gasteiger partial charge on any atom is -0.466 e. The lowest BCUT2D eigenvalue weighted by Crippen LogP contribution is -2.45. The van der Waals surface area contributed by atoms with E-state index in [2.05, 4.69) is 31.3 Å². The molecule has 0 aliphatic heterocycles. The molecule has 0 heterocycles. The highest BCUT2D eigenvalue weighted by atomic mass is 16.5. The van der Waals surface area contributed by atoms with Crippen molar-refractivity contribution in [1.29, 1.82) is 0 Å². The Morgan fingerprint density at radius 3 is 1.00 bits per heavy atom. The van der Waals surface area contributed by atoms with E-state index in [1.165, 1.54) is 276 Å². The monoisotopic (exact) mass is 1000 g/mol. The van der Waals surface area contributed by atoms with Crippen LogP contribution in [0.2, 0.25) is 0 Å². The first-order valence-electron chi connectivity index (χ1n) is 32.1. The smallest absolute Gasteiger partial charge is 0.305 e. The molecule has 3 N–H and O–H groups in total. The van der Waals surface area contributed by atoms with Crippen molar-refractivity contribution in [2.24, 2.45) is 0 Å². The fourth-order valence-corrected chi connectivity index (χ4v) is 10.0. The summed E-state index contributed by atoms with van der Waals surface area (Å²) in [4.78, 5) is 24.5. The predicted molar refractivity (Wildman–Crippen MR) is 310 cm³/mol. The average molecular weight is 1000 g/mol. The van der Waals surface area contributed by atoms with Crippen molar-refractivity contribution in [3.63, 3.8) is 0 Å². The van der Waals surface area contributed by atoms with Gasteiger partial charge in [0.1, 0.15) is 0 Å². The summed E-state index contributed by atoms with van der Waals surface area (Å²) in [5, 5.41) is 23.2. The molecule has 0 aromatic heterocycles. The number of hydrogen-bond donors (Lipinski definition) is 3. The van der Waals surface area contributed by atoms with Gasteiger partial charge in [0.2, 0.25) is 5.91 Å². The second kappa shape index (κ2) is 60.9. The highest BCUT2D eigenvalue weighted by molar-refractivity contribution is 5.76. The van der Waals surface area contributed by atoms with Crippen LogP contribution in [0.1, 0.15) is 354 Å². The number of carbonyl (C=O) groups excluding carboxylic acids is 2. The molecule has 0 aromatic rings. The molecule has 0 rings (SSSR count). The summed E-state index contributed by atoms with van der Waals surface area (Å²) in [6.45, 7) is 4.92. The lowest BCUT2D eigenvalue weighted by Gasteiger charge is -2.20. The standard InChI is InChI=1S/C65H125NO5/c1-3-5-7-9-11-13-15-17-18-19-20-21-22-24-27-30-34-37-41-45-49-53-57-63(68)62(61-67)66-64(69)58-54-50-46-42-38-35-31-28-25-23-26-29-32-36-40-44-48-52-56-60-71-65(70)59-55-51-47-43-39-33-16-14-12-10-8-6-4-2/h23,25,53,57,62-63,67-68H,3-22,24,26-52,54-56,58-61H2,1-2H3,(H,66,69)/b25-23-,57-53+. The Hall–Kier alpha value is -1.66. The second-order valence-corrected chi connectivity index (χ2v) is 22.1. The van der Waals surface area contributed by atoms with Gasteiger partial charge in [0.05, 0.1) is 25.4 Å². The Labute approximate surface area is 443 Å². The maximum Gasteiger partial charge on any atom is 0.305 e. The lowest BCUT2D eigenvalue weighted by atomic mass is 10.0. The third kappa shape index (κ3) is 57.5. The van der Waals surface area contributed by atoms with Gasteiger partial charge in [-0.05, 0) is 57.8 Å². The van der Waals surface area contributed by atoms with E-state index in [4.69, 9.17) is 4.74 Å². The maximum absolute atomic E-state index is 12.5. The minimum atomic E-state index is -0.851. The Bertz CT molecular complexity index is 1110. The van der Waals surface area contributed by atoms with Crippen molar-refractivity contribution in [1.82, 2.24) is 5.32 Å². The Kier molecular flexibility index (Phi) is 59.5. The summed E-state index contributed by atoms with van der Waals surface area (Å²) in [5.41, 5.74) is 0. The van der Waals surface area contributed by atoms with Gasteiger partial charge in [-0.25, -0.2) is 0 Å². The molecule has 6 heteroatoms. The van der Waals surface area contributed by atoms with Crippen LogP contribution in [-0.4, -0.2) is 47.4 Å². The van der Waals surface area contributed by atoms with Gasteiger partial charge < -0.3 is 20.3 Å². The number of carbonyl (C=O) groups is 2. The van der Waals surface area contributed by atoms with Crippen LogP contribution in [0, 0.1) is 0 Å². The van der Waals surface area contributed by atoms with Gasteiger partial charge in [-0.2, -0.15) is 0 Å². The van der Waals surface area contributed by atoms with Crippen molar-refractivity contribution in [3.05, 3.63) is 24.3 Å². The van der Waals surface area contributed by atoms with Gasteiger partial charge in [0.25, 0.3) is 0 Å². The third-order valence-electron chi connectivity index (χ3n) is 15.0. The number of aliphatic hydroxyl groups is 2. The summed E-state index contributed by atoms with van der Waals surface area (Å²) < 4.78 is 5.47. The SMILES string of the molecule is CCCCCCCCCCCCCCCCCCCCCC/C=C/C(O)C(CO)NC(=O)CCCCCCCCC/C=C\CCCCCCCCCCOC(=O)CCCCCCCCCCCCCCC. The van der Waals surface area contributed by atoms with Crippen LogP contribution in [0.5, 0.6) is 0 Å². The number of allylic oxidation sites excluding steroid dienone is 3. The zero-order valence-corrected chi connectivity index (χ0v) is 48.0. The minimum absolute atomic E-state index is 0.00532. The Morgan fingerprint density at radius 1 is 0.380 bits per heavy atom. The highest BCUT2D eigenvalue weighted by Crippen LogP contribution is 2.18. The Balaban J connectivity index is 3.47. The molecule has 0 radical (unpaired) electrons. The van der Waals surface area contributed by atoms with E-state index in [0.29, 0.717) is 19.4 Å². The first kappa shape index (κ1) is 69.3. The van der Waals surface area contributed by atoms with Crippen molar-refractivity contribution >= 4 is 11.9 Å². The normalized spacial score (nSPS) is 12.7. The number of ether oxygens (including phenoxy) is 1. The van der Waals surface area contributed by atoms with E-state index >= 15 is 0 Å². The van der Waals surface area contributed by atoms with Crippen LogP contribution >= 0.6 is 0 Å². The number of amides is 1. The number of nitrogens with one attached hydrogen (secondary N) is 1. The van der Waals surface area contributed by atoms with E-state index in [1.807, 2.05) is 6.08 Å². The van der Waals surface area contributed by atoms with Crippen LogP contribution in [0.15, 0.2) is 24.3 Å². The summed E-state index contributed by atoms with van der Waals surface area (Å²) in [6.07, 6.45) is 75.1. The summed E-state index contributed by atoms with van der Waals surface area (Å²) in [7, 11) is 0. The van der Waals surface area contributed by atoms with Crippen molar-refractivity contribution < 1.29 is 24.5 Å². The zero-order chi connectivity index (χ0) is 51.4. The first-order chi connectivity index (χ1) is 35.0. The molecule has 6 nitrogen and oxygen atoms in total. The number of hydrogen-bond acceptors (Lipinski definition) is 5. The van der Waals surface area contributed by atoms with Gasteiger partial charge in [0.15, 0.2) is 0 Å². The molecule has 0 fully saturated rings. The number of unbranched alkanes of at least 4 members (excludes halogenated alkanes) is 47. The number of esters is 1. The largest absolute Gasteiger partial charge is 0.466 e. The quantitative estimate of drug-likeness (QED) is 0.0320. The van der Waals surface area contributed by atoms with Crippen LogP contribution in [0.25, 0.3) is 0 Å². The van der Waals surface area contributed by atoms with E-state index in [0.717, 1.165) is 51.4 Å². The van der Waals surface area contributed by atoms with Crippen molar-refractivity contribution in [2.75, 3.05) is 13.2 Å². The van der Waals surface area contributed by atoms with Gasteiger partial charge in [-0.3, -0.25) is 9.59 Å². The molecule has 0 spiro atoms. The molecule has 0 saturated heterocycles. The van der Waals surface area contributed by atoms with Crippen molar-refractivity contribution in [2.45, 2.75) is 366 Å². The molecule has 0 saturated carbocycles. The fraction of sp³-hybridized carbons (Fsp3) is 0.908. The predicted octanol–water partition coefficient (Wildman–Crippen LogP) is 20.2. The van der Waals surface area contributed by atoms with Gasteiger partial charge in [-0.1, -0.05) is 308 Å². The molecule has 0 bridgehead atoms. The maximum atomic E-state index is 12.5. The fourth-order valence-electron chi connectivity index (χ4n) is 10.0. The molecule has 420 valence electrons. The Morgan fingerprint density at radius 2 is 0.662 bits per heavy atom. The first-order valence-corrected chi connectivity index (χ1v) is 32.1. The van der Waals surface area contributed by atoms with Crippen LogP contribution in [0.4, 0.5) is 0 Å². The molecule has 0 aliphatic rings. The van der Waals surface area contributed by atoms with Crippen molar-refractivity contribution in [3.8, 4) is 0 Å². The van der Waals surface area contributed by atoms with Gasteiger partial charge in [0, 0.05) is 12.8 Å². The summed E-state index contributed by atoms with van der Waals surface area (Å²) in [6, 6.07) is -0.636.